The first-order valence-corrected chi connectivity index (χ1v) is 9.92. The number of pyridine rings is 2. The number of nitrogens with zero attached hydrogens (tertiary/aromatic N) is 2. The van der Waals surface area contributed by atoms with Gasteiger partial charge in [-0.1, -0.05) is 13.8 Å². The number of carbonyl (C=O) groups is 1. The Bertz CT molecular complexity index is 1250. The summed E-state index contributed by atoms with van der Waals surface area (Å²) < 4.78 is 45.7. The molecule has 0 saturated carbocycles. The predicted octanol–water partition coefficient (Wildman–Crippen LogP) is 3.78. The van der Waals surface area contributed by atoms with Gasteiger partial charge in [0.1, 0.15) is 6.61 Å². The lowest BCUT2D eigenvalue weighted by Gasteiger charge is -2.14. The van der Waals surface area contributed by atoms with Crippen LogP contribution in [0.4, 0.5) is 18.9 Å². The summed E-state index contributed by atoms with van der Waals surface area (Å²) in [5.74, 6) is 0. The van der Waals surface area contributed by atoms with Gasteiger partial charge in [-0.05, 0) is 36.8 Å². The highest BCUT2D eigenvalue weighted by Gasteiger charge is 2.34. The van der Waals surface area contributed by atoms with E-state index in [4.69, 9.17) is 10.5 Å². The van der Waals surface area contributed by atoms with E-state index in [0.717, 1.165) is 6.07 Å². The summed E-state index contributed by atoms with van der Waals surface area (Å²) in [5.41, 5.74) is 5.53. The first-order valence-electron chi connectivity index (χ1n) is 9.92. The molecule has 2 aromatic heterocycles. The molecule has 1 aliphatic heterocycles. The SMILES string of the molecule is CC.CC(O)c1cc2n(c(=O)c1COC=O)Cc1cc3cc(N)c(C(F)(F)F)cc3nc1-2. The molecule has 3 heterocycles. The van der Waals surface area contributed by atoms with E-state index in [-0.39, 0.29) is 36.3 Å². The first kappa shape index (κ1) is 23.3. The number of carbonyl (C=O) groups excluding carboxylic acids is 1. The molecule has 0 bridgehead atoms. The minimum absolute atomic E-state index is 0.0862. The van der Waals surface area contributed by atoms with E-state index in [1.54, 1.807) is 12.1 Å². The number of benzene rings is 1. The van der Waals surface area contributed by atoms with Gasteiger partial charge in [0.05, 0.1) is 40.7 Å². The number of halogens is 3. The molecule has 0 saturated heterocycles. The van der Waals surface area contributed by atoms with Crippen molar-refractivity contribution in [2.45, 2.75) is 46.2 Å². The van der Waals surface area contributed by atoms with Gasteiger partial charge in [-0.2, -0.15) is 13.2 Å². The summed E-state index contributed by atoms with van der Waals surface area (Å²) in [7, 11) is 0. The number of hydrogen-bond donors (Lipinski definition) is 2. The Labute approximate surface area is 181 Å². The van der Waals surface area contributed by atoms with Crippen molar-refractivity contribution in [3.63, 3.8) is 0 Å². The van der Waals surface area contributed by atoms with Crippen LogP contribution < -0.4 is 11.3 Å². The van der Waals surface area contributed by atoms with Crippen LogP contribution in [0.5, 0.6) is 0 Å². The molecule has 0 radical (unpaired) electrons. The molecule has 32 heavy (non-hydrogen) atoms. The summed E-state index contributed by atoms with van der Waals surface area (Å²) >= 11 is 0. The second-order valence-corrected chi connectivity index (χ2v) is 7.06. The number of nitrogen functional groups attached to an aromatic ring is 1. The van der Waals surface area contributed by atoms with E-state index in [2.05, 4.69) is 4.98 Å². The Kier molecular flexibility index (Phi) is 6.27. The summed E-state index contributed by atoms with van der Waals surface area (Å²) in [5, 5.41) is 10.5. The van der Waals surface area contributed by atoms with Crippen molar-refractivity contribution in [3.8, 4) is 11.4 Å². The molecule has 0 aliphatic carbocycles. The number of fused-ring (bicyclic) bond motifs is 4. The minimum atomic E-state index is -4.62. The standard InChI is InChI=1S/C20H16F3N3O4.C2H6/c1-9(28)12-4-17-18-11(6-26(17)19(29)13(12)7-30-8-27)2-10-3-15(24)14(20(21,22)23)5-16(10)25-18;1-2/h2-5,8-9,28H,6-7,24H2,1H3;1-2H3. The highest BCUT2D eigenvalue weighted by molar-refractivity contribution is 5.87. The van der Waals surface area contributed by atoms with Gasteiger partial charge in [-0.3, -0.25) is 9.59 Å². The molecule has 1 unspecified atom stereocenters. The summed E-state index contributed by atoms with van der Waals surface area (Å²) in [6.07, 6.45) is -5.66. The molecule has 4 rings (SSSR count). The Morgan fingerprint density at radius 1 is 1.28 bits per heavy atom. The molecule has 10 heteroatoms. The maximum absolute atomic E-state index is 13.2. The maximum Gasteiger partial charge on any atom is 0.418 e. The zero-order valence-corrected chi connectivity index (χ0v) is 17.7. The van der Waals surface area contributed by atoms with Gasteiger partial charge < -0.3 is 20.1 Å². The number of aromatic nitrogens is 2. The number of rotatable bonds is 4. The molecule has 0 fully saturated rings. The van der Waals surface area contributed by atoms with E-state index >= 15 is 0 Å². The molecule has 170 valence electrons. The molecule has 1 aliphatic rings. The second-order valence-electron chi connectivity index (χ2n) is 7.06. The van der Waals surface area contributed by atoms with Crippen LogP contribution in [0.1, 0.15) is 49.1 Å². The van der Waals surface area contributed by atoms with Gasteiger partial charge in [0.2, 0.25) is 0 Å². The first-order chi connectivity index (χ1) is 15.1. The predicted molar refractivity (Wildman–Crippen MR) is 113 cm³/mol. The third-order valence-electron chi connectivity index (χ3n) is 5.12. The minimum Gasteiger partial charge on any atom is -0.463 e. The van der Waals surface area contributed by atoms with E-state index < -0.39 is 29.1 Å². The summed E-state index contributed by atoms with van der Waals surface area (Å²) in [4.78, 5) is 27.9. The third kappa shape index (κ3) is 3.93. The fourth-order valence-electron chi connectivity index (χ4n) is 3.74. The fraction of sp³-hybridized carbons (Fsp3) is 0.318. The van der Waals surface area contributed by atoms with Gasteiger partial charge in [-0.25, -0.2) is 4.98 Å². The Hall–Kier alpha value is -3.40. The largest absolute Gasteiger partial charge is 0.463 e. The van der Waals surface area contributed by atoms with Gasteiger partial charge in [-0.15, -0.1) is 0 Å². The Morgan fingerprint density at radius 3 is 2.56 bits per heavy atom. The van der Waals surface area contributed by atoms with Crippen molar-refractivity contribution in [1.29, 1.82) is 0 Å². The zero-order valence-electron chi connectivity index (χ0n) is 17.7. The second kappa shape index (κ2) is 8.62. The molecular formula is C22H22F3N3O4. The van der Waals surface area contributed by atoms with Gasteiger partial charge in [0.15, 0.2) is 0 Å². The normalized spacial score (nSPS) is 13.1. The van der Waals surface area contributed by atoms with Crippen molar-refractivity contribution in [2.24, 2.45) is 0 Å². The number of nitrogens with two attached hydrogens (primary N) is 1. The van der Waals surface area contributed by atoms with E-state index in [9.17, 15) is 27.9 Å². The number of anilines is 1. The highest BCUT2D eigenvalue weighted by Crippen LogP contribution is 2.38. The van der Waals surface area contributed by atoms with Crippen molar-refractivity contribution >= 4 is 23.1 Å². The van der Waals surface area contributed by atoms with Crippen LogP contribution in [0.25, 0.3) is 22.3 Å². The van der Waals surface area contributed by atoms with Crippen LogP contribution in [0, 0.1) is 0 Å². The van der Waals surface area contributed by atoms with Crippen molar-refractivity contribution in [2.75, 3.05) is 5.73 Å². The number of alkyl halides is 3. The molecular weight excluding hydrogens is 427 g/mol. The zero-order chi connectivity index (χ0) is 23.8. The maximum atomic E-state index is 13.2. The average molecular weight is 449 g/mol. The molecule has 0 amide bonds. The number of aliphatic hydroxyl groups excluding tert-OH is 1. The van der Waals surface area contributed by atoms with E-state index in [1.165, 1.54) is 17.6 Å². The quantitative estimate of drug-likeness (QED) is 0.363. The van der Waals surface area contributed by atoms with Crippen molar-refractivity contribution in [1.82, 2.24) is 9.55 Å². The fourth-order valence-corrected chi connectivity index (χ4v) is 3.74. The van der Waals surface area contributed by atoms with E-state index in [0.29, 0.717) is 22.3 Å². The lowest BCUT2D eigenvalue weighted by atomic mass is 10.0. The summed E-state index contributed by atoms with van der Waals surface area (Å²) in [6, 6.07) is 5.28. The van der Waals surface area contributed by atoms with E-state index in [1.807, 2.05) is 13.8 Å². The third-order valence-corrected chi connectivity index (χ3v) is 5.12. The number of hydrogen-bond acceptors (Lipinski definition) is 6. The molecule has 7 nitrogen and oxygen atoms in total. The van der Waals surface area contributed by atoms with Gasteiger partial charge in [0.25, 0.3) is 12.0 Å². The van der Waals surface area contributed by atoms with Crippen LogP contribution in [-0.2, 0) is 28.9 Å². The molecule has 1 atom stereocenters. The van der Waals surface area contributed by atoms with Crippen molar-refractivity contribution in [3.05, 3.63) is 56.9 Å². The molecule has 1 aromatic carbocycles. The van der Waals surface area contributed by atoms with Crippen LogP contribution in [-0.4, -0.2) is 21.1 Å². The number of aliphatic hydroxyl groups is 1. The number of ether oxygens (including phenoxy) is 1. The Balaban J connectivity index is 0.00000141. The Morgan fingerprint density at radius 2 is 1.97 bits per heavy atom. The lowest BCUT2D eigenvalue weighted by molar-refractivity contribution is -0.136. The molecule has 0 spiro atoms. The highest BCUT2D eigenvalue weighted by atomic mass is 19.4. The smallest absolute Gasteiger partial charge is 0.418 e. The topological polar surface area (TPSA) is 107 Å². The van der Waals surface area contributed by atoms with Crippen LogP contribution >= 0.6 is 0 Å². The molecule has 3 N–H and O–H groups in total. The van der Waals surface area contributed by atoms with Gasteiger partial charge >= 0.3 is 6.18 Å². The van der Waals surface area contributed by atoms with Crippen LogP contribution in [0.2, 0.25) is 0 Å². The monoisotopic (exact) mass is 449 g/mol. The van der Waals surface area contributed by atoms with Crippen molar-refractivity contribution < 1.29 is 27.8 Å². The van der Waals surface area contributed by atoms with Gasteiger partial charge in [0, 0.05) is 16.6 Å². The summed E-state index contributed by atoms with van der Waals surface area (Å²) in [6.45, 7) is 5.49. The molecule has 3 aromatic rings. The van der Waals surface area contributed by atoms with Crippen LogP contribution in [0.3, 0.4) is 0 Å². The lowest BCUT2D eigenvalue weighted by Crippen LogP contribution is -2.26. The van der Waals surface area contributed by atoms with Crippen LogP contribution in [0.15, 0.2) is 29.1 Å². The average Bonchev–Trinajstić information content (AvgIpc) is 3.09.